The first-order valence-electron chi connectivity index (χ1n) is 4.30. The van der Waals surface area contributed by atoms with Gasteiger partial charge in [0.05, 0.1) is 25.7 Å². The zero-order valence-electron chi connectivity index (χ0n) is 8.15. The maximum absolute atomic E-state index is 2.38. The summed E-state index contributed by atoms with van der Waals surface area (Å²) in [5.41, 5.74) is 0.455. The minimum atomic E-state index is 0. The first-order valence-corrected chi connectivity index (χ1v) is 4.30. The number of halogens is 1. The Morgan fingerprint density at radius 2 is 1.36 bits per heavy atom. The van der Waals surface area contributed by atoms with Crippen molar-refractivity contribution in [2.45, 2.75) is 39.2 Å². The van der Waals surface area contributed by atoms with Crippen molar-refractivity contribution in [3.05, 3.63) is 0 Å². The molecule has 0 aromatic heterocycles. The Morgan fingerprint density at radius 1 is 1.00 bits per heavy atom. The van der Waals surface area contributed by atoms with Gasteiger partial charge < -0.3 is 28.5 Å². The average Bonchev–Trinajstić information content (AvgIpc) is 2.13. The summed E-state index contributed by atoms with van der Waals surface area (Å²) in [5, 5.41) is 0. The molecule has 0 saturated carbocycles. The van der Waals surface area contributed by atoms with Crippen LogP contribution >= 0.6 is 0 Å². The van der Waals surface area contributed by atoms with Crippen molar-refractivity contribution in [2.24, 2.45) is 0 Å². The van der Waals surface area contributed by atoms with Gasteiger partial charge in [0, 0.05) is 12.8 Å². The molecule has 1 fully saturated rings. The molecule has 2 heteroatoms. The normalized spacial score (nSPS) is 22.9. The Balaban J connectivity index is 0.000001000. The number of hydrogen-bond donors (Lipinski definition) is 0. The lowest BCUT2D eigenvalue weighted by molar-refractivity contribution is -0.942. The van der Waals surface area contributed by atoms with Crippen LogP contribution in [0, 0.1) is 0 Å². The summed E-state index contributed by atoms with van der Waals surface area (Å²) in [6, 6.07) is 0. The molecule has 0 radical (unpaired) electrons. The van der Waals surface area contributed by atoms with Crippen LogP contribution in [0.25, 0.3) is 0 Å². The van der Waals surface area contributed by atoms with E-state index in [-0.39, 0.29) is 24.0 Å². The molecule has 0 amide bonds. The van der Waals surface area contributed by atoms with Gasteiger partial charge in [0.15, 0.2) is 0 Å². The molecule has 0 aliphatic carbocycles. The summed E-state index contributed by atoms with van der Waals surface area (Å²) in [5.74, 6) is 0. The molecule has 0 unspecified atom stereocenters. The molecule has 0 spiro atoms. The maximum Gasteiger partial charge on any atom is 0.0905 e. The van der Waals surface area contributed by atoms with E-state index in [2.05, 4.69) is 27.8 Å². The molecule has 68 valence electrons. The number of nitrogens with zero attached hydrogens (tertiary/aromatic N) is 1. The van der Waals surface area contributed by atoms with Crippen molar-refractivity contribution in [1.29, 1.82) is 0 Å². The highest BCUT2D eigenvalue weighted by molar-refractivity contribution is 4.66. The monoisotopic (exact) mass is 269 g/mol. The van der Waals surface area contributed by atoms with Crippen molar-refractivity contribution in [3.8, 4) is 0 Å². The summed E-state index contributed by atoms with van der Waals surface area (Å²) in [6.07, 6.45) is 2.85. The highest BCUT2D eigenvalue weighted by Crippen LogP contribution is 2.27. The molecule has 0 bridgehead atoms. The van der Waals surface area contributed by atoms with E-state index in [1.54, 1.807) is 0 Å². The van der Waals surface area contributed by atoms with Gasteiger partial charge in [-0.15, -0.1) is 0 Å². The molecule has 0 N–H and O–H groups in total. The van der Waals surface area contributed by atoms with E-state index >= 15 is 0 Å². The zero-order valence-corrected chi connectivity index (χ0v) is 10.3. The van der Waals surface area contributed by atoms with Gasteiger partial charge >= 0.3 is 0 Å². The molecule has 1 aliphatic heterocycles. The molecule has 1 saturated heterocycles. The zero-order chi connectivity index (χ0) is 7.83. The third-order valence-electron chi connectivity index (χ3n) is 3.17. The van der Waals surface area contributed by atoms with Gasteiger partial charge in [-0.3, -0.25) is 0 Å². The van der Waals surface area contributed by atoms with Crippen molar-refractivity contribution in [1.82, 2.24) is 0 Å². The molecule has 11 heavy (non-hydrogen) atoms. The van der Waals surface area contributed by atoms with Crippen LogP contribution in [-0.4, -0.2) is 30.2 Å². The second-order valence-corrected chi connectivity index (χ2v) is 4.72. The fraction of sp³-hybridized carbons (Fsp3) is 1.00. The lowest BCUT2D eigenvalue weighted by Crippen LogP contribution is -3.00. The minimum absolute atomic E-state index is 0. The van der Waals surface area contributed by atoms with Gasteiger partial charge in [-0.2, -0.15) is 0 Å². The second-order valence-electron chi connectivity index (χ2n) is 4.72. The Bertz CT molecular complexity index is 120. The molecule has 1 nitrogen and oxygen atoms in total. The topological polar surface area (TPSA) is 0 Å². The Labute approximate surface area is 87.8 Å². The van der Waals surface area contributed by atoms with Crippen LogP contribution < -0.4 is 24.0 Å². The fourth-order valence-corrected chi connectivity index (χ4v) is 1.70. The van der Waals surface area contributed by atoms with Crippen molar-refractivity contribution >= 4 is 0 Å². The number of quaternary nitrogens is 1. The molecular weight excluding hydrogens is 249 g/mol. The summed E-state index contributed by atoms with van der Waals surface area (Å²) in [4.78, 5) is 0. The van der Waals surface area contributed by atoms with Gasteiger partial charge in [-0.25, -0.2) is 0 Å². The van der Waals surface area contributed by atoms with Crippen LogP contribution in [0.5, 0.6) is 0 Å². The van der Waals surface area contributed by atoms with Gasteiger partial charge in [-0.1, -0.05) is 0 Å². The van der Waals surface area contributed by atoms with Gasteiger partial charge in [0.1, 0.15) is 0 Å². The number of rotatable bonds is 0. The molecule has 1 aliphatic rings. The van der Waals surface area contributed by atoms with Crippen molar-refractivity contribution in [3.63, 3.8) is 0 Å². The van der Waals surface area contributed by atoms with E-state index in [0.717, 1.165) is 0 Å². The summed E-state index contributed by atoms with van der Waals surface area (Å²) in [6.45, 7) is 9.79. The Kier molecular flexibility index (Phi) is 3.83. The van der Waals surface area contributed by atoms with E-state index in [9.17, 15) is 0 Å². The van der Waals surface area contributed by atoms with Crippen LogP contribution in [-0.2, 0) is 0 Å². The molecular formula is C9H20IN. The van der Waals surface area contributed by atoms with Crippen molar-refractivity contribution < 1.29 is 28.5 Å². The lowest BCUT2D eigenvalue weighted by Gasteiger charge is -2.42. The SMILES string of the molecule is CC(C)(C)[N+]1(C)CCCC1.[I-]. The molecule has 1 heterocycles. The molecule has 0 aromatic rings. The fourth-order valence-electron chi connectivity index (χ4n) is 1.70. The van der Waals surface area contributed by atoms with E-state index in [1.165, 1.54) is 30.4 Å². The highest BCUT2D eigenvalue weighted by atomic mass is 127. The largest absolute Gasteiger partial charge is 1.00 e. The Morgan fingerprint density at radius 3 is 1.55 bits per heavy atom. The van der Waals surface area contributed by atoms with E-state index < -0.39 is 0 Å². The third-order valence-corrected chi connectivity index (χ3v) is 3.17. The standard InChI is InChI=1S/C9H20N.HI/c1-9(2,3)10(4)7-5-6-8-10;/h5-8H2,1-4H3;1H/q+1;/p-1. The quantitative estimate of drug-likeness (QED) is 0.392. The van der Waals surface area contributed by atoms with E-state index in [0.29, 0.717) is 5.54 Å². The van der Waals surface area contributed by atoms with Gasteiger partial charge in [0.25, 0.3) is 0 Å². The van der Waals surface area contributed by atoms with Crippen LogP contribution in [0.4, 0.5) is 0 Å². The summed E-state index contributed by atoms with van der Waals surface area (Å²) in [7, 11) is 2.38. The highest BCUT2D eigenvalue weighted by Gasteiger charge is 2.38. The van der Waals surface area contributed by atoms with E-state index in [4.69, 9.17) is 0 Å². The molecule has 1 rings (SSSR count). The number of likely N-dealkylation sites (tertiary alicyclic amines) is 1. The number of hydrogen-bond acceptors (Lipinski definition) is 0. The summed E-state index contributed by atoms with van der Waals surface area (Å²) >= 11 is 0. The van der Waals surface area contributed by atoms with Crippen LogP contribution in [0.2, 0.25) is 0 Å². The van der Waals surface area contributed by atoms with Crippen molar-refractivity contribution in [2.75, 3.05) is 20.1 Å². The average molecular weight is 269 g/mol. The third kappa shape index (κ3) is 2.31. The van der Waals surface area contributed by atoms with Crippen LogP contribution in [0.3, 0.4) is 0 Å². The Hall–Kier alpha value is 0.690. The van der Waals surface area contributed by atoms with Crippen LogP contribution in [0.15, 0.2) is 0 Å². The minimum Gasteiger partial charge on any atom is -1.00 e. The molecule has 0 aromatic carbocycles. The predicted octanol–water partition coefficient (Wildman–Crippen LogP) is -0.971. The van der Waals surface area contributed by atoms with Gasteiger partial charge in [0.2, 0.25) is 0 Å². The smallest absolute Gasteiger partial charge is 0.0905 e. The lowest BCUT2D eigenvalue weighted by atomic mass is 10.0. The molecule has 0 atom stereocenters. The first kappa shape index (κ1) is 11.7. The van der Waals surface area contributed by atoms with E-state index in [1.807, 2.05) is 0 Å². The van der Waals surface area contributed by atoms with Gasteiger partial charge in [-0.05, 0) is 20.8 Å². The first-order chi connectivity index (χ1) is 4.46. The van der Waals surface area contributed by atoms with Crippen LogP contribution in [0.1, 0.15) is 33.6 Å². The summed E-state index contributed by atoms with van der Waals surface area (Å²) < 4.78 is 1.27. The maximum atomic E-state index is 2.38. The second kappa shape index (κ2) is 3.60. The predicted molar refractivity (Wildman–Crippen MR) is 44.9 cm³/mol.